The lowest BCUT2D eigenvalue weighted by molar-refractivity contribution is -0.275. The molecule has 1 aromatic carbocycles. The summed E-state index contributed by atoms with van der Waals surface area (Å²) in [5, 5.41) is 3.02. The number of hydrogen-bond donors (Lipinski definition) is 1. The second-order valence-electron chi connectivity index (χ2n) is 6.97. The van der Waals surface area contributed by atoms with Crippen molar-refractivity contribution < 1.29 is 27.4 Å². The summed E-state index contributed by atoms with van der Waals surface area (Å²) in [6.07, 6.45) is 0.883. The summed E-state index contributed by atoms with van der Waals surface area (Å²) in [7, 11) is 0. The number of alkyl halides is 3. The molecule has 0 saturated carbocycles. The van der Waals surface area contributed by atoms with Gasteiger partial charge in [-0.2, -0.15) is 0 Å². The van der Waals surface area contributed by atoms with Gasteiger partial charge in [-0.25, -0.2) is 4.99 Å². The van der Waals surface area contributed by atoms with Crippen molar-refractivity contribution in [3.05, 3.63) is 36.7 Å². The third-order valence-electron chi connectivity index (χ3n) is 4.82. The molecule has 152 valence electrons. The van der Waals surface area contributed by atoms with Crippen LogP contribution in [0.2, 0.25) is 0 Å². The van der Waals surface area contributed by atoms with E-state index in [1.165, 1.54) is 18.2 Å². The largest absolute Gasteiger partial charge is 0.573 e. The molecule has 2 heterocycles. The molecule has 3 rings (SSSR count). The zero-order valence-electron chi connectivity index (χ0n) is 15.4. The second kappa shape index (κ2) is 8.12. The van der Waals surface area contributed by atoms with Crippen molar-refractivity contribution in [2.75, 3.05) is 19.7 Å². The average Bonchev–Trinajstić information content (AvgIpc) is 2.67. The highest BCUT2D eigenvalue weighted by molar-refractivity contribution is 6.05. The molecule has 0 radical (unpaired) electrons. The number of likely N-dealkylation sites (tertiary alicyclic amines) is 1. The fraction of sp³-hybridized carbons (Fsp3) is 0.474. The lowest BCUT2D eigenvalue weighted by atomic mass is 9.94. The van der Waals surface area contributed by atoms with Gasteiger partial charge in [0.2, 0.25) is 0 Å². The van der Waals surface area contributed by atoms with E-state index in [0.29, 0.717) is 25.5 Å². The summed E-state index contributed by atoms with van der Waals surface area (Å²) in [5.41, 5.74) is -0.855. The summed E-state index contributed by atoms with van der Waals surface area (Å²) in [6, 6.07) is 5.75. The first-order valence-corrected chi connectivity index (χ1v) is 9.00. The van der Waals surface area contributed by atoms with E-state index in [0.717, 1.165) is 19.1 Å². The summed E-state index contributed by atoms with van der Waals surface area (Å²) >= 11 is 0. The number of halogens is 3. The van der Waals surface area contributed by atoms with Gasteiger partial charge in [0, 0.05) is 25.5 Å². The molecule has 0 bridgehead atoms. The Kier molecular flexibility index (Phi) is 5.81. The number of nitrogens with zero attached hydrogens (tertiary/aromatic N) is 2. The van der Waals surface area contributed by atoms with Gasteiger partial charge in [-0.05, 0) is 37.8 Å². The van der Waals surface area contributed by atoms with Gasteiger partial charge < -0.3 is 24.5 Å². The molecule has 0 amide bonds. The van der Waals surface area contributed by atoms with Gasteiger partial charge in [0.25, 0.3) is 0 Å². The summed E-state index contributed by atoms with van der Waals surface area (Å²) < 4.78 is 47.1. The Labute approximate surface area is 161 Å². The number of nitrogens with one attached hydrogen (secondary N) is 1. The molecule has 6 nitrogen and oxygen atoms in total. The molecule has 2 aliphatic rings. The van der Waals surface area contributed by atoms with Crippen molar-refractivity contribution in [2.24, 2.45) is 10.9 Å². The average molecular weight is 397 g/mol. The van der Waals surface area contributed by atoms with Crippen molar-refractivity contribution in [3.63, 3.8) is 0 Å². The van der Waals surface area contributed by atoms with Gasteiger partial charge in [0.1, 0.15) is 11.4 Å². The smallest absolute Gasteiger partial charge is 0.489 e. The quantitative estimate of drug-likeness (QED) is 0.774. The van der Waals surface area contributed by atoms with E-state index >= 15 is 0 Å². The lowest BCUT2D eigenvalue weighted by Gasteiger charge is -2.40. The maximum Gasteiger partial charge on any atom is 0.573 e. The fourth-order valence-electron chi connectivity index (χ4n) is 3.31. The van der Waals surface area contributed by atoms with Crippen LogP contribution in [0.4, 0.5) is 13.2 Å². The van der Waals surface area contributed by atoms with Crippen molar-refractivity contribution >= 4 is 12.1 Å². The number of piperidine rings is 1. The molecule has 0 aromatic heterocycles. The Morgan fingerprint density at radius 1 is 1.29 bits per heavy atom. The normalized spacial score (nSPS) is 23.0. The van der Waals surface area contributed by atoms with Crippen LogP contribution in [0.15, 0.2) is 41.7 Å². The number of benzene rings is 1. The first-order valence-electron chi connectivity index (χ1n) is 9.00. The minimum Gasteiger partial charge on any atom is -0.489 e. The second-order valence-corrected chi connectivity index (χ2v) is 6.97. The van der Waals surface area contributed by atoms with Gasteiger partial charge in [-0.15, -0.1) is 13.2 Å². The zero-order valence-corrected chi connectivity index (χ0v) is 15.4. The Bertz CT molecular complexity index is 758. The third kappa shape index (κ3) is 4.76. The van der Waals surface area contributed by atoms with Crippen molar-refractivity contribution in [1.82, 2.24) is 10.2 Å². The van der Waals surface area contributed by atoms with E-state index in [4.69, 9.17) is 4.74 Å². The predicted octanol–water partition coefficient (Wildman–Crippen LogP) is 3.11. The molecule has 0 aliphatic carbocycles. The van der Waals surface area contributed by atoms with Crippen LogP contribution in [0.5, 0.6) is 11.5 Å². The van der Waals surface area contributed by atoms with Crippen molar-refractivity contribution in [1.29, 1.82) is 0 Å². The standard InChI is InChI=1S/C19H22F3N3O3/c1-18(13-26)17(23-8-9-24-18)25-10-6-14(7-11-25)12-27-15-4-2-3-5-16(15)28-19(20,21)22/h2-5,8-9,13-14,24H,6-7,10-12H2,1H3. The Balaban J connectivity index is 1.55. The van der Waals surface area contributed by atoms with Crippen molar-refractivity contribution in [3.8, 4) is 11.5 Å². The van der Waals surface area contributed by atoms with Crippen LogP contribution in [0, 0.1) is 5.92 Å². The molecule has 1 aromatic rings. The van der Waals surface area contributed by atoms with Crippen molar-refractivity contribution in [2.45, 2.75) is 31.7 Å². The first kappa shape index (κ1) is 20.0. The van der Waals surface area contributed by atoms with Crippen LogP contribution in [0.25, 0.3) is 0 Å². The topological polar surface area (TPSA) is 63.2 Å². The molecule has 1 saturated heterocycles. The number of amidine groups is 1. The van der Waals surface area contributed by atoms with Crippen LogP contribution in [0.3, 0.4) is 0 Å². The molecule has 1 fully saturated rings. The molecule has 0 spiro atoms. The molecule has 1 N–H and O–H groups in total. The minimum atomic E-state index is -4.76. The summed E-state index contributed by atoms with van der Waals surface area (Å²) in [4.78, 5) is 17.9. The number of para-hydroxylation sites is 2. The Hall–Kier alpha value is -2.71. The van der Waals surface area contributed by atoms with E-state index < -0.39 is 11.9 Å². The lowest BCUT2D eigenvalue weighted by Crippen LogP contribution is -2.58. The van der Waals surface area contributed by atoms with Gasteiger partial charge in [-0.1, -0.05) is 12.1 Å². The first-order chi connectivity index (χ1) is 13.3. The van der Waals surface area contributed by atoms with E-state index in [1.807, 2.05) is 0 Å². The zero-order chi connectivity index (χ0) is 20.2. The number of aldehydes is 1. The van der Waals surface area contributed by atoms with Crippen LogP contribution in [0.1, 0.15) is 19.8 Å². The summed E-state index contributed by atoms with van der Waals surface area (Å²) in [5.74, 6) is 0.587. The molecule has 1 unspecified atom stereocenters. The molecule has 2 aliphatic heterocycles. The number of carbonyl (C=O) groups excluding carboxylic acids is 1. The van der Waals surface area contributed by atoms with E-state index in [-0.39, 0.29) is 17.4 Å². The Morgan fingerprint density at radius 3 is 2.61 bits per heavy atom. The van der Waals surface area contributed by atoms with E-state index in [1.54, 1.807) is 25.4 Å². The molecular weight excluding hydrogens is 375 g/mol. The maximum absolute atomic E-state index is 12.5. The van der Waals surface area contributed by atoms with Gasteiger partial charge >= 0.3 is 6.36 Å². The van der Waals surface area contributed by atoms with Crippen LogP contribution in [-0.2, 0) is 4.79 Å². The van der Waals surface area contributed by atoms with Crippen LogP contribution in [-0.4, -0.2) is 48.6 Å². The highest BCUT2D eigenvalue weighted by Gasteiger charge is 2.36. The minimum absolute atomic E-state index is 0.0711. The third-order valence-corrected chi connectivity index (χ3v) is 4.82. The van der Waals surface area contributed by atoms with E-state index in [2.05, 4.69) is 19.9 Å². The molecule has 1 atom stereocenters. The number of rotatable bonds is 5. The number of ether oxygens (including phenoxy) is 2. The fourth-order valence-corrected chi connectivity index (χ4v) is 3.31. The number of carbonyl (C=O) groups is 1. The van der Waals surface area contributed by atoms with Gasteiger partial charge in [0.05, 0.1) is 6.61 Å². The monoisotopic (exact) mass is 397 g/mol. The van der Waals surface area contributed by atoms with Crippen LogP contribution >= 0.6 is 0 Å². The number of aliphatic imine (C=N–C) groups is 1. The number of hydrogen-bond acceptors (Lipinski definition) is 6. The highest BCUT2D eigenvalue weighted by atomic mass is 19.4. The van der Waals surface area contributed by atoms with Crippen LogP contribution < -0.4 is 14.8 Å². The van der Waals surface area contributed by atoms with Gasteiger partial charge in [0.15, 0.2) is 17.8 Å². The summed E-state index contributed by atoms with van der Waals surface area (Å²) in [6.45, 7) is 3.44. The molecule has 9 heteroatoms. The van der Waals surface area contributed by atoms with Gasteiger partial charge in [-0.3, -0.25) is 0 Å². The van der Waals surface area contributed by atoms with E-state index in [9.17, 15) is 18.0 Å². The highest BCUT2D eigenvalue weighted by Crippen LogP contribution is 2.32. The maximum atomic E-state index is 12.5. The molecular formula is C19H22F3N3O3. The SMILES string of the molecule is CC1(C=O)NC=CN=C1N1CCC(COc2ccccc2OC(F)(F)F)CC1. The molecule has 28 heavy (non-hydrogen) atoms. The predicted molar refractivity (Wildman–Crippen MR) is 97.1 cm³/mol. The Morgan fingerprint density at radius 2 is 1.96 bits per heavy atom.